The Hall–Kier alpha value is -2.80. The van der Waals surface area contributed by atoms with Crippen LogP contribution >= 0.6 is 12.2 Å². The number of fused-ring (bicyclic) bond motifs is 1. The molecule has 1 amide bonds. The Balaban J connectivity index is 1.75. The van der Waals surface area contributed by atoms with Gasteiger partial charge in [0.1, 0.15) is 11.3 Å². The van der Waals surface area contributed by atoms with Crippen LogP contribution < -0.4 is 10.6 Å². The van der Waals surface area contributed by atoms with Gasteiger partial charge in [0.2, 0.25) is 11.8 Å². The van der Waals surface area contributed by atoms with Gasteiger partial charge in [-0.1, -0.05) is 19.9 Å². The molecule has 3 rings (SSSR count). The zero-order chi connectivity index (χ0) is 18.7. The van der Waals surface area contributed by atoms with E-state index in [1.165, 1.54) is 12.1 Å². The number of nitrogens with zero attached hydrogens (tertiary/aromatic N) is 1. The Morgan fingerprint density at radius 1 is 1.27 bits per heavy atom. The first-order valence-corrected chi connectivity index (χ1v) is 8.59. The van der Waals surface area contributed by atoms with E-state index in [1.54, 1.807) is 30.3 Å². The van der Waals surface area contributed by atoms with Crippen molar-refractivity contribution in [3.63, 3.8) is 0 Å². The third kappa shape index (κ3) is 4.43. The van der Waals surface area contributed by atoms with E-state index >= 15 is 0 Å². The Labute approximate surface area is 155 Å². The molecule has 5 nitrogen and oxygen atoms in total. The number of hydrogen-bond acceptors (Lipinski definition) is 4. The minimum Gasteiger partial charge on any atom is -0.436 e. The van der Waals surface area contributed by atoms with Crippen LogP contribution in [-0.4, -0.2) is 16.0 Å². The van der Waals surface area contributed by atoms with Gasteiger partial charge in [-0.15, -0.1) is 0 Å². The van der Waals surface area contributed by atoms with Gasteiger partial charge < -0.3 is 15.1 Å². The molecule has 3 aromatic rings. The Morgan fingerprint density at radius 3 is 2.81 bits per heavy atom. The summed E-state index contributed by atoms with van der Waals surface area (Å²) in [6.45, 7) is 3.93. The van der Waals surface area contributed by atoms with Crippen LogP contribution in [0.15, 0.2) is 46.9 Å². The number of rotatable bonds is 4. The first-order valence-electron chi connectivity index (χ1n) is 8.18. The van der Waals surface area contributed by atoms with Crippen molar-refractivity contribution < 1.29 is 13.6 Å². The van der Waals surface area contributed by atoms with Crippen molar-refractivity contribution in [3.8, 4) is 11.5 Å². The lowest BCUT2D eigenvalue weighted by atomic mass is 10.1. The first-order chi connectivity index (χ1) is 12.4. The third-order valence-electron chi connectivity index (χ3n) is 3.56. The van der Waals surface area contributed by atoms with Crippen LogP contribution in [0.5, 0.6) is 0 Å². The fraction of sp³-hybridized carbons (Fsp3) is 0.211. The lowest BCUT2D eigenvalue weighted by Crippen LogP contribution is -2.34. The smallest absolute Gasteiger partial charge is 0.227 e. The lowest BCUT2D eigenvalue weighted by Gasteiger charge is -2.10. The number of oxazole rings is 1. The van der Waals surface area contributed by atoms with E-state index in [9.17, 15) is 9.18 Å². The molecule has 0 saturated carbocycles. The van der Waals surface area contributed by atoms with Crippen LogP contribution in [0.2, 0.25) is 0 Å². The molecular formula is C19H18FN3O2S. The second-order valence-corrected chi connectivity index (χ2v) is 6.72. The van der Waals surface area contributed by atoms with Crippen molar-refractivity contribution in [2.45, 2.75) is 20.3 Å². The normalized spacial score (nSPS) is 10.9. The summed E-state index contributed by atoms with van der Waals surface area (Å²) < 4.78 is 19.0. The molecule has 0 unspecified atom stereocenters. The maximum atomic E-state index is 13.4. The number of amides is 1. The number of benzene rings is 2. The Kier molecular flexibility index (Phi) is 5.27. The summed E-state index contributed by atoms with van der Waals surface area (Å²) in [5.74, 6) is 0.109. The summed E-state index contributed by atoms with van der Waals surface area (Å²) in [7, 11) is 0. The SMILES string of the molecule is CC(C)CC(=O)NC(=S)Nc1ccc2oc(-c3cccc(F)c3)nc2c1. The average Bonchev–Trinajstić information content (AvgIpc) is 2.97. The van der Waals surface area contributed by atoms with Gasteiger partial charge in [0, 0.05) is 17.7 Å². The van der Waals surface area contributed by atoms with Gasteiger partial charge >= 0.3 is 0 Å². The average molecular weight is 371 g/mol. The summed E-state index contributed by atoms with van der Waals surface area (Å²) >= 11 is 5.16. The summed E-state index contributed by atoms with van der Waals surface area (Å²) in [4.78, 5) is 16.1. The van der Waals surface area contributed by atoms with E-state index in [0.717, 1.165) is 0 Å². The van der Waals surface area contributed by atoms with Crippen LogP contribution in [0.25, 0.3) is 22.6 Å². The van der Waals surface area contributed by atoms with Crippen LogP contribution in [0.3, 0.4) is 0 Å². The molecule has 1 heterocycles. The van der Waals surface area contributed by atoms with Gasteiger partial charge in [-0.05, 0) is 54.5 Å². The maximum Gasteiger partial charge on any atom is 0.227 e. The van der Waals surface area contributed by atoms with Gasteiger partial charge in [-0.25, -0.2) is 9.37 Å². The molecule has 0 bridgehead atoms. The van der Waals surface area contributed by atoms with Gasteiger partial charge in [0.15, 0.2) is 10.7 Å². The molecule has 2 aromatic carbocycles. The van der Waals surface area contributed by atoms with Crippen molar-refractivity contribution >= 4 is 40.0 Å². The number of hydrogen-bond donors (Lipinski definition) is 2. The molecule has 0 radical (unpaired) electrons. The topological polar surface area (TPSA) is 67.2 Å². The second-order valence-electron chi connectivity index (χ2n) is 6.31. The molecule has 1 aromatic heterocycles. The fourth-order valence-corrected chi connectivity index (χ4v) is 2.69. The third-order valence-corrected chi connectivity index (χ3v) is 3.77. The van der Waals surface area contributed by atoms with E-state index in [2.05, 4.69) is 15.6 Å². The Morgan fingerprint density at radius 2 is 2.08 bits per heavy atom. The number of thiocarbonyl (C=S) groups is 1. The highest BCUT2D eigenvalue weighted by Crippen LogP contribution is 2.26. The quantitative estimate of drug-likeness (QED) is 0.661. The number of carbonyl (C=O) groups excluding carboxylic acids is 1. The summed E-state index contributed by atoms with van der Waals surface area (Å²) in [5.41, 5.74) is 2.41. The van der Waals surface area contributed by atoms with Crippen molar-refractivity contribution in [1.29, 1.82) is 0 Å². The van der Waals surface area contributed by atoms with Crippen LogP contribution in [0.4, 0.5) is 10.1 Å². The maximum absolute atomic E-state index is 13.4. The largest absolute Gasteiger partial charge is 0.436 e. The number of halogens is 1. The molecule has 0 aliphatic carbocycles. The van der Waals surface area contributed by atoms with Crippen LogP contribution in [-0.2, 0) is 4.79 Å². The highest BCUT2D eigenvalue weighted by Gasteiger charge is 2.11. The van der Waals surface area contributed by atoms with Crippen molar-refractivity contribution in [3.05, 3.63) is 48.3 Å². The molecule has 0 aliphatic rings. The van der Waals surface area contributed by atoms with Crippen LogP contribution in [0, 0.1) is 11.7 Å². The van der Waals surface area contributed by atoms with Gasteiger partial charge in [0.05, 0.1) is 0 Å². The van der Waals surface area contributed by atoms with E-state index in [1.807, 2.05) is 13.8 Å². The predicted molar refractivity (Wildman–Crippen MR) is 103 cm³/mol. The van der Waals surface area contributed by atoms with Gasteiger partial charge in [-0.3, -0.25) is 4.79 Å². The zero-order valence-electron chi connectivity index (χ0n) is 14.4. The molecule has 7 heteroatoms. The zero-order valence-corrected chi connectivity index (χ0v) is 15.2. The van der Waals surface area contributed by atoms with E-state index in [0.29, 0.717) is 34.7 Å². The van der Waals surface area contributed by atoms with Crippen molar-refractivity contribution in [2.24, 2.45) is 5.92 Å². The Bertz CT molecular complexity index is 968. The molecule has 26 heavy (non-hydrogen) atoms. The molecular weight excluding hydrogens is 353 g/mol. The highest BCUT2D eigenvalue weighted by atomic mass is 32.1. The molecule has 0 fully saturated rings. The monoisotopic (exact) mass is 371 g/mol. The summed E-state index contributed by atoms with van der Waals surface area (Å²) in [6.07, 6.45) is 0.404. The second kappa shape index (κ2) is 7.61. The first kappa shape index (κ1) is 18.0. The lowest BCUT2D eigenvalue weighted by molar-refractivity contribution is -0.120. The van der Waals surface area contributed by atoms with Crippen molar-refractivity contribution in [2.75, 3.05) is 5.32 Å². The van der Waals surface area contributed by atoms with Gasteiger partial charge in [0.25, 0.3) is 0 Å². The van der Waals surface area contributed by atoms with Crippen LogP contribution in [0.1, 0.15) is 20.3 Å². The number of nitrogens with one attached hydrogen (secondary N) is 2. The minimum absolute atomic E-state index is 0.131. The van der Waals surface area contributed by atoms with E-state index in [-0.39, 0.29) is 22.8 Å². The van der Waals surface area contributed by atoms with Gasteiger partial charge in [-0.2, -0.15) is 0 Å². The fourth-order valence-electron chi connectivity index (χ4n) is 2.46. The molecule has 0 aliphatic heterocycles. The summed E-state index contributed by atoms with van der Waals surface area (Å²) in [5, 5.41) is 5.82. The van der Waals surface area contributed by atoms with E-state index < -0.39 is 0 Å². The number of carbonyl (C=O) groups is 1. The van der Waals surface area contributed by atoms with Crippen molar-refractivity contribution in [1.82, 2.24) is 10.3 Å². The molecule has 0 saturated heterocycles. The highest BCUT2D eigenvalue weighted by molar-refractivity contribution is 7.80. The predicted octanol–water partition coefficient (Wildman–Crippen LogP) is 4.49. The number of anilines is 1. The minimum atomic E-state index is -0.352. The molecule has 134 valence electrons. The molecule has 2 N–H and O–H groups in total. The standard InChI is InChI=1S/C19H18FN3O2S/c1-11(2)8-17(24)23-19(26)21-14-6-7-16-15(10-14)22-18(25-16)12-4-3-5-13(20)9-12/h3-7,9-11H,8H2,1-2H3,(H2,21,23,24,26). The summed E-state index contributed by atoms with van der Waals surface area (Å²) in [6, 6.07) is 11.3. The van der Waals surface area contributed by atoms with E-state index in [4.69, 9.17) is 16.6 Å². The molecule has 0 atom stereocenters. The molecule has 0 spiro atoms. The number of aromatic nitrogens is 1.